The van der Waals surface area contributed by atoms with E-state index >= 15 is 0 Å². The summed E-state index contributed by atoms with van der Waals surface area (Å²) in [5.41, 5.74) is -0.00269. The molecule has 0 saturated heterocycles. The van der Waals surface area contributed by atoms with E-state index in [-0.39, 0.29) is 23.3 Å². The summed E-state index contributed by atoms with van der Waals surface area (Å²) in [5.74, 6) is -1.82. The smallest absolute Gasteiger partial charge is 0.355 e. The van der Waals surface area contributed by atoms with Crippen LogP contribution in [0.2, 0.25) is 0 Å². The average molecular weight is 365 g/mol. The first-order chi connectivity index (χ1) is 11.9. The van der Waals surface area contributed by atoms with Crippen LogP contribution in [-0.2, 0) is 11.2 Å². The van der Waals surface area contributed by atoms with E-state index < -0.39 is 17.9 Å². The van der Waals surface area contributed by atoms with Crippen molar-refractivity contribution >= 4 is 29.1 Å². The van der Waals surface area contributed by atoms with Crippen LogP contribution in [-0.4, -0.2) is 40.5 Å². The molecule has 9 heteroatoms. The molecule has 25 heavy (non-hydrogen) atoms. The van der Waals surface area contributed by atoms with Gasteiger partial charge in [0.25, 0.3) is 5.91 Å². The number of carbonyl (C=O) groups is 3. The number of hydrogen-bond acceptors (Lipinski definition) is 6. The highest BCUT2D eigenvalue weighted by Gasteiger charge is 2.25. The molecular weight excluding hydrogens is 346 g/mol. The first-order valence-corrected chi connectivity index (χ1v) is 8.56. The molecule has 8 nitrogen and oxygen atoms in total. The van der Waals surface area contributed by atoms with Gasteiger partial charge in [-0.2, -0.15) is 0 Å². The second-order valence-electron chi connectivity index (χ2n) is 5.65. The Hall–Kier alpha value is -2.68. The van der Waals surface area contributed by atoms with Gasteiger partial charge in [-0.05, 0) is 18.1 Å². The van der Waals surface area contributed by atoms with Crippen LogP contribution >= 0.6 is 11.3 Å². The van der Waals surface area contributed by atoms with Gasteiger partial charge >= 0.3 is 5.97 Å². The molecule has 0 aromatic carbocycles. The van der Waals surface area contributed by atoms with Gasteiger partial charge in [0.1, 0.15) is 6.04 Å². The van der Waals surface area contributed by atoms with Crippen molar-refractivity contribution < 1.29 is 23.9 Å². The number of carboxylic acids is 1. The molecule has 3 N–H and O–H groups in total. The zero-order chi connectivity index (χ0) is 18.4. The standard InChI is InChI=1S/C16H19N3O5S/c1-9(2)13(19-14(20)11-4-3-7-24-11)15(21)17-6-5-12-18-10(8-25-12)16(22)23/h3-4,7-9,13H,5-6H2,1-2H3,(H,17,21)(H,19,20)(H,22,23). The van der Waals surface area contributed by atoms with Gasteiger partial charge < -0.3 is 20.2 Å². The molecule has 0 spiro atoms. The molecular formula is C16H19N3O5S. The predicted molar refractivity (Wildman–Crippen MR) is 90.6 cm³/mol. The molecule has 2 amide bonds. The summed E-state index contributed by atoms with van der Waals surface area (Å²) in [5, 5.41) is 16.3. The van der Waals surface area contributed by atoms with Crippen LogP contribution < -0.4 is 10.6 Å². The minimum atomic E-state index is -1.08. The number of carboxylic acid groups (broad SMARTS) is 1. The van der Waals surface area contributed by atoms with Crippen LogP contribution in [0.4, 0.5) is 0 Å². The molecule has 2 rings (SSSR count). The highest BCUT2D eigenvalue weighted by Crippen LogP contribution is 2.10. The number of nitrogens with zero attached hydrogens (tertiary/aromatic N) is 1. The maximum absolute atomic E-state index is 12.3. The summed E-state index contributed by atoms with van der Waals surface area (Å²) in [6.07, 6.45) is 1.80. The number of carbonyl (C=O) groups excluding carboxylic acids is 2. The van der Waals surface area contributed by atoms with Gasteiger partial charge in [0.05, 0.1) is 11.3 Å². The topological polar surface area (TPSA) is 122 Å². The van der Waals surface area contributed by atoms with Crippen LogP contribution in [0.1, 0.15) is 39.9 Å². The van der Waals surface area contributed by atoms with E-state index in [1.165, 1.54) is 29.0 Å². The van der Waals surface area contributed by atoms with Crippen molar-refractivity contribution in [3.63, 3.8) is 0 Å². The van der Waals surface area contributed by atoms with Crippen LogP contribution in [0.5, 0.6) is 0 Å². The molecule has 2 heterocycles. The maximum Gasteiger partial charge on any atom is 0.355 e. The summed E-state index contributed by atoms with van der Waals surface area (Å²) < 4.78 is 5.02. The van der Waals surface area contributed by atoms with E-state index in [0.29, 0.717) is 18.0 Å². The molecule has 1 atom stereocenters. The van der Waals surface area contributed by atoms with Crippen molar-refractivity contribution in [1.29, 1.82) is 0 Å². The third-order valence-electron chi connectivity index (χ3n) is 3.39. The fraction of sp³-hybridized carbons (Fsp3) is 0.375. The quantitative estimate of drug-likeness (QED) is 0.652. The minimum Gasteiger partial charge on any atom is -0.476 e. The van der Waals surface area contributed by atoms with Gasteiger partial charge in [0.2, 0.25) is 5.91 Å². The summed E-state index contributed by atoms with van der Waals surface area (Å²) in [7, 11) is 0. The zero-order valence-electron chi connectivity index (χ0n) is 13.8. The van der Waals surface area contributed by atoms with Crippen LogP contribution in [0.3, 0.4) is 0 Å². The van der Waals surface area contributed by atoms with Gasteiger partial charge in [-0.15, -0.1) is 11.3 Å². The average Bonchev–Trinajstić information content (AvgIpc) is 3.23. The van der Waals surface area contributed by atoms with Crippen molar-refractivity contribution in [3.8, 4) is 0 Å². The Kier molecular flexibility index (Phi) is 6.29. The third-order valence-corrected chi connectivity index (χ3v) is 4.30. The molecule has 0 fully saturated rings. The number of rotatable bonds is 8. The molecule has 0 aliphatic rings. The SMILES string of the molecule is CC(C)C(NC(=O)c1ccco1)C(=O)NCCc1nc(C(=O)O)cs1. The number of aromatic nitrogens is 1. The van der Waals surface area contributed by atoms with Crippen molar-refractivity contribution in [1.82, 2.24) is 15.6 Å². The summed E-state index contributed by atoms with van der Waals surface area (Å²) >= 11 is 1.23. The first kappa shape index (κ1) is 18.7. The number of nitrogens with one attached hydrogen (secondary N) is 2. The minimum absolute atomic E-state index is 0.00269. The van der Waals surface area contributed by atoms with Crippen molar-refractivity contribution in [2.45, 2.75) is 26.3 Å². The molecule has 2 aromatic rings. The molecule has 0 aliphatic carbocycles. The lowest BCUT2D eigenvalue weighted by atomic mass is 10.0. The molecule has 0 aliphatic heterocycles. The summed E-state index contributed by atoms with van der Waals surface area (Å²) in [6, 6.07) is 2.41. The predicted octanol–water partition coefficient (Wildman–Crippen LogP) is 1.55. The van der Waals surface area contributed by atoms with Crippen molar-refractivity contribution in [2.24, 2.45) is 5.92 Å². The van der Waals surface area contributed by atoms with Gasteiger partial charge in [-0.25, -0.2) is 9.78 Å². The van der Waals surface area contributed by atoms with Gasteiger partial charge in [0, 0.05) is 18.3 Å². The lowest BCUT2D eigenvalue weighted by Gasteiger charge is -2.21. The normalized spacial score (nSPS) is 12.0. The van der Waals surface area contributed by atoms with Gasteiger partial charge in [-0.3, -0.25) is 9.59 Å². The Morgan fingerprint density at radius 2 is 2.12 bits per heavy atom. The number of furan rings is 1. The fourth-order valence-electron chi connectivity index (χ4n) is 2.08. The summed E-state index contributed by atoms with van der Waals surface area (Å²) in [4.78, 5) is 39.1. The molecule has 0 saturated carbocycles. The third kappa shape index (κ3) is 5.15. The number of aromatic carboxylic acids is 1. The Morgan fingerprint density at radius 3 is 2.68 bits per heavy atom. The largest absolute Gasteiger partial charge is 0.476 e. The molecule has 0 radical (unpaired) electrons. The lowest BCUT2D eigenvalue weighted by Crippen LogP contribution is -2.50. The van der Waals surface area contributed by atoms with E-state index in [2.05, 4.69) is 15.6 Å². The zero-order valence-corrected chi connectivity index (χ0v) is 14.6. The number of amides is 2. The highest BCUT2D eigenvalue weighted by molar-refractivity contribution is 7.09. The number of thiazole rings is 1. The Labute approximate surface area is 148 Å². The molecule has 2 aromatic heterocycles. The van der Waals surface area contributed by atoms with E-state index in [1.54, 1.807) is 6.07 Å². The van der Waals surface area contributed by atoms with Crippen LogP contribution in [0.25, 0.3) is 0 Å². The molecule has 134 valence electrons. The molecule has 1 unspecified atom stereocenters. The maximum atomic E-state index is 12.3. The second-order valence-corrected chi connectivity index (χ2v) is 6.59. The Balaban J connectivity index is 1.87. The van der Waals surface area contributed by atoms with E-state index in [1.807, 2.05) is 13.8 Å². The first-order valence-electron chi connectivity index (χ1n) is 7.68. The van der Waals surface area contributed by atoms with Crippen molar-refractivity contribution in [3.05, 3.63) is 40.2 Å². The van der Waals surface area contributed by atoms with E-state index in [9.17, 15) is 14.4 Å². The van der Waals surface area contributed by atoms with E-state index in [4.69, 9.17) is 9.52 Å². The lowest BCUT2D eigenvalue weighted by molar-refractivity contribution is -0.123. The fourth-order valence-corrected chi connectivity index (χ4v) is 2.85. The van der Waals surface area contributed by atoms with Crippen molar-refractivity contribution in [2.75, 3.05) is 6.54 Å². The number of hydrogen-bond donors (Lipinski definition) is 3. The summed E-state index contributed by atoms with van der Waals surface area (Å²) in [6.45, 7) is 3.95. The van der Waals surface area contributed by atoms with Gasteiger partial charge in [-0.1, -0.05) is 13.8 Å². The van der Waals surface area contributed by atoms with Crippen LogP contribution in [0, 0.1) is 5.92 Å². The van der Waals surface area contributed by atoms with Crippen LogP contribution in [0.15, 0.2) is 28.2 Å². The van der Waals surface area contributed by atoms with Gasteiger partial charge in [0.15, 0.2) is 11.5 Å². The second kappa shape index (κ2) is 8.43. The monoisotopic (exact) mass is 365 g/mol. The Morgan fingerprint density at radius 1 is 1.36 bits per heavy atom. The Bertz CT molecular complexity index is 739. The van der Waals surface area contributed by atoms with E-state index in [0.717, 1.165) is 0 Å². The highest BCUT2D eigenvalue weighted by atomic mass is 32.1. The molecule has 0 bridgehead atoms.